The predicted molar refractivity (Wildman–Crippen MR) is 102 cm³/mol. The topological polar surface area (TPSA) is 78.4 Å². The van der Waals surface area contributed by atoms with Crippen LogP contribution >= 0.6 is 15.9 Å². The Morgan fingerprint density at radius 1 is 1.30 bits per heavy atom. The minimum Gasteiger partial charge on any atom is -0.488 e. The first-order valence-corrected chi connectivity index (χ1v) is 8.69. The SMILES string of the molecule is Cc1noc(/C=C/c2cc(Br)ccc2OCc2ccccc2F)c1[N+](=O)[O-]. The molecule has 0 spiro atoms. The Bertz CT molecular complexity index is 1020. The molecule has 0 unspecified atom stereocenters. The molecule has 6 nitrogen and oxygen atoms in total. The van der Waals surface area contributed by atoms with Gasteiger partial charge >= 0.3 is 5.69 Å². The quantitative estimate of drug-likeness (QED) is 0.377. The number of nitro groups is 1. The monoisotopic (exact) mass is 432 g/mol. The van der Waals surface area contributed by atoms with E-state index in [0.29, 0.717) is 16.9 Å². The van der Waals surface area contributed by atoms with E-state index in [4.69, 9.17) is 9.26 Å². The molecule has 1 heterocycles. The number of rotatable bonds is 6. The van der Waals surface area contributed by atoms with E-state index in [9.17, 15) is 14.5 Å². The second-order valence-electron chi connectivity index (χ2n) is 5.63. The number of hydrogen-bond acceptors (Lipinski definition) is 5. The van der Waals surface area contributed by atoms with Gasteiger partial charge in [-0.15, -0.1) is 0 Å². The van der Waals surface area contributed by atoms with E-state index in [2.05, 4.69) is 21.1 Å². The van der Waals surface area contributed by atoms with E-state index in [-0.39, 0.29) is 29.6 Å². The minimum atomic E-state index is -0.540. The molecule has 0 radical (unpaired) electrons. The number of halogens is 2. The first-order valence-electron chi connectivity index (χ1n) is 7.90. The Kier molecular flexibility index (Phi) is 5.66. The summed E-state index contributed by atoms with van der Waals surface area (Å²) in [6.45, 7) is 1.55. The van der Waals surface area contributed by atoms with Crippen LogP contribution in [0.2, 0.25) is 0 Å². The minimum absolute atomic E-state index is 0.0394. The van der Waals surface area contributed by atoms with Gasteiger partial charge in [0.15, 0.2) is 5.69 Å². The zero-order valence-electron chi connectivity index (χ0n) is 14.2. The summed E-state index contributed by atoms with van der Waals surface area (Å²) < 4.78 is 25.3. The highest BCUT2D eigenvalue weighted by Crippen LogP contribution is 2.29. The summed E-state index contributed by atoms with van der Waals surface area (Å²) in [6, 6.07) is 11.6. The lowest BCUT2D eigenvalue weighted by Gasteiger charge is -2.10. The van der Waals surface area contributed by atoms with Gasteiger partial charge in [0, 0.05) is 15.6 Å². The molecule has 3 rings (SSSR count). The number of ether oxygens (including phenoxy) is 1. The summed E-state index contributed by atoms with van der Waals surface area (Å²) in [5, 5.41) is 14.8. The average molecular weight is 433 g/mol. The highest BCUT2D eigenvalue weighted by Gasteiger charge is 2.22. The van der Waals surface area contributed by atoms with E-state index >= 15 is 0 Å². The Morgan fingerprint density at radius 2 is 2.07 bits per heavy atom. The smallest absolute Gasteiger partial charge is 0.338 e. The molecule has 0 saturated carbocycles. The molecule has 138 valence electrons. The molecule has 8 heteroatoms. The summed E-state index contributed by atoms with van der Waals surface area (Å²) >= 11 is 3.38. The van der Waals surface area contributed by atoms with Gasteiger partial charge in [0.1, 0.15) is 18.2 Å². The molecule has 1 aromatic heterocycles. The van der Waals surface area contributed by atoms with Crippen LogP contribution < -0.4 is 4.74 Å². The number of nitrogens with zero attached hydrogens (tertiary/aromatic N) is 2. The molecule has 27 heavy (non-hydrogen) atoms. The Morgan fingerprint density at radius 3 is 2.81 bits per heavy atom. The van der Waals surface area contributed by atoms with E-state index in [1.54, 1.807) is 42.5 Å². The summed E-state index contributed by atoms with van der Waals surface area (Å²) in [5.74, 6) is 0.189. The van der Waals surface area contributed by atoms with E-state index in [1.807, 2.05) is 0 Å². The molecule has 0 aliphatic heterocycles. The number of aryl methyl sites for hydroxylation is 1. The van der Waals surface area contributed by atoms with E-state index in [0.717, 1.165) is 4.47 Å². The van der Waals surface area contributed by atoms with Gasteiger partial charge < -0.3 is 9.26 Å². The maximum atomic E-state index is 13.8. The molecule has 0 amide bonds. The predicted octanol–water partition coefficient (Wildman–Crippen LogP) is 5.54. The van der Waals surface area contributed by atoms with Gasteiger partial charge in [0.05, 0.1) is 4.92 Å². The third kappa shape index (κ3) is 4.40. The van der Waals surface area contributed by atoms with Crippen LogP contribution in [0.25, 0.3) is 12.2 Å². The molecular weight excluding hydrogens is 419 g/mol. The van der Waals surface area contributed by atoms with E-state index < -0.39 is 4.92 Å². The molecule has 3 aromatic rings. The third-order valence-electron chi connectivity index (χ3n) is 3.77. The Hall–Kier alpha value is -3.00. The molecular formula is C19H14BrFN2O4. The summed E-state index contributed by atoms with van der Waals surface area (Å²) in [5.41, 5.74) is 1.08. The van der Waals surface area contributed by atoms with Gasteiger partial charge in [-0.25, -0.2) is 4.39 Å². The zero-order valence-corrected chi connectivity index (χ0v) is 15.8. The van der Waals surface area contributed by atoms with Gasteiger partial charge in [-0.2, -0.15) is 0 Å². The molecule has 2 aromatic carbocycles. The van der Waals surface area contributed by atoms with E-state index in [1.165, 1.54) is 19.1 Å². The first-order chi connectivity index (χ1) is 13.0. The van der Waals surface area contributed by atoms with Gasteiger partial charge in [0.25, 0.3) is 0 Å². The maximum Gasteiger partial charge on any atom is 0.338 e. The Labute approximate surface area is 162 Å². The molecule has 0 fully saturated rings. The molecule has 0 aliphatic carbocycles. The van der Waals surface area contributed by atoms with Crippen molar-refractivity contribution in [3.8, 4) is 5.75 Å². The van der Waals surface area contributed by atoms with Crippen molar-refractivity contribution >= 4 is 33.8 Å². The second kappa shape index (κ2) is 8.13. The summed E-state index contributed by atoms with van der Waals surface area (Å²) in [4.78, 5) is 10.6. The fraction of sp³-hybridized carbons (Fsp3) is 0.105. The van der Waals surface area contributed by atoms with Crippen LogP contribution in [0.1, 0.15) is 22.6 Å². The number of benzene rings is 2. The highest BCUT2D eigenvalue weighted by molar-refractivity contribution is 9.10. The number of hydrogen-bond donors (Lipinski definition) is 0. The largest absolute Gasteiger partial charge is 0.488 e. The van der Waals surface area contributed by atoms with Crippen LogP contribution in [0, 0.1) is 22.9 Å². The van der Waals surface area contributed by atoms with Crippen molar-refractivity contribution in [2.24, 2.45) is 0 Å². The molecule has 0 bridgehead atoms. The van der Waals surface area contributed by atoms with Crippen molar-refractivity contribution in [1.29, 1.82) is 0 Å². The average Bonchev–Trinajstić information content (AvgIpc) is 3.01. The lowest BCUT2D eigenvalue weighted by molar-refractivity contribution is -0.386. The summed E-state index contributed by atoms with van der Waals surface area (Å²) in [6.07, 6.45) is 3.07. The van der Waals surface area contributed by atoms with Gasteiger partial charge in [0.2, 0.25) is 5.76 Å². The fourth-order valence-electron chi connectivity index (χ4n) is 2.43. The molecule has 0 atom stereocenters. The van der Waals surface area contributed by atoms with Crippen LogP contribution in [-0.2, 0) is 6.61 Å². The standard InChI is InChI=1S/C19H14BrFN2O4/c1-12-19(23(24)25)18(27-22-12)8-6-13-10-15(20)7-9-17(13)26-11-14-4-2-3-5-16(14)21/h2-10H,11H2,1H3/b8-6+. The number of aromatic nitrogens is 1. The van der Waals surface area contributed by atoms with Gasteiger partial charge in [-0.05, 0) is 43.3 Å². The van der Waals surface area contributed by atoms with Crippen LogP contribution in [0.4, 0.5) is 10.1 Å². The third-order valence-corrected chi connectivity index (χ3v) is 4.26. The first kappa shape index (κ1) is 18.8. The zero-order chi connectivity index (χ0) is 19.4. The normalized spacial score (nSPS) is 11.1. The molecule has 0 aliphatic rings. The van der Waals surface area contributed by atoms with Crippen LogP contribution in [0.3, 0.4) is 0 Å². The van der Waals surface area contributed by atoms with Crippen LogP contribution in [0.5, 0.6) is 5.75 Å². The van der Waals surface area contributed by atoms with Crippen molar-refractivity contribution < 1.29 is 18.6 Å². The van der Waals surface area contributed by atoms with Crippen molar-refractivity contribution in [3.05, 3.63) is 85.4 Å². The van der Waals surface area contributed by atoms with Crippen molar-refractivity contribution in [2.75, 3.05) is 0 Å². The maximum absolute atomic E-state index is 13.8. The van der Waals surface area contributed by atoms with Gasteiger partial charge in [-0.1, -0.05) is 39.3 Å². The molecule has 0 N–H and O–H groups in total. The van der Waals surface area contributed by atoms with Crippen molar-refractivity contribution in [1.82, 2.24) is 5.16 Å². The fourth-order valence-corrected chi connectivity index (χ4v) is 2.81. The Balaban J connectivity index is 1.86. The van der Waals surface area contributed by atoms with Crippen LogP contribution in [0.15, 0.2) is 51.5 Å². The second-order valence-corrected chi connectivity index (χ2v) is 6.55. The van der Waals surface area contributed by atoms with Crippen molar-refractivity contribution in [3.63, 3.8) is 0 Å². The summed E-state index contributed by atoms with van der Waals surface area (Å²) in [7, 11) is 0. The van der Waals surface area contributed by atoms with Gasteiger partial charge in [-0.3, -0.25) is 10.1 Å². The lowest BCUT2D eigenvalue weighted by atomic mass is 10.1. The van der Waals surface area contributed by atoms with Crippen molar-refractivity contribution in [2.45, 2.75) is 13.5 Å². The van der Waals surface area contributed by atoms with Crippen LogP contribution in [-0.4, -0.2) is 10.1 Å². The molecule has 0 saturated heterocycles. The lowest BCUT2D eigenvalue weighted by Crippen LogP contribution is -1.99. The highest BCUT2D eigenvalue weighted by atomic mass is 79.9.